The summed E-state index contributed by atoms with van der Waals surface area (Å²) in [6, 6.07) is 18.1. The lowest BCUT2D eigenvalue weighted by Gasteiger charge is -2.15. The van der Waals surface area contributed by atoms with Crippen LogP contribution in [-0.4, -0.2) is 44.5 Å². The van der Waals surface area contributed by atoms with Gasteiger partial charge < -0.3 is 19.5 Å². The van der Waals surface area contributed by atoms with Gasteiger partial charge in [0.2, 0.25) is 0 Å². The number of nitrogens with zero attached hydrogens (tertiary/aromatic N) is 1. The molecule has 1 aliphatic heterocycles. The third kappa shape index (κ3) is 4.93. The predicted octanol–water partition coefficient (Wildman–Crippen LogP) is 5.97. The molecule has 10 heteroatoms. The number of carbonyl (C=O) groups excluding carboxylic acids is 4. The number of anilines is 2. The molecule has 0 atom stereocenters. The van der Waals surface area contributed by atoms with Crippen molar-refractivity contribution in [1.29, 1.82) is 0 Å². The van der Waals surface area contributed by atoms with E-state index >= 15 is 0 Å². The molecule has 9 nitrogen and oxygen atoms in total. The third-order valence-corrected chi connectivity index (χ3v) is 7.64. The van der Waals surface area contributed by atoms with Crippen LogP contribution in [0.4, 0.5) is 10.7 Å². The van der Waals surface area contributed by atoms with Gasteiger partial charge in [0.15, 0.2) is 11.5 Å². The lowest BCUT2D eigenvalue weighted by molar-refractivity contribution is 0.0528. The summed E-state index contributed by atoms with van der Waals surface area (Å²) in [7, 11) is 3.06. The number of benzene rings is 3. The number of esters is 1. The summed E-state index contributed by atoms with van der Waals surface area (Å²) in [6.45, 7) is 3.70. The van der Waals surface area contributed by atoms with Crippen molar-refractivity contribution in [2.75, 3.05) is 31.0 Å². The zero-order chi connectivity index (χ0) is 29.3. The number of nitrogens with one attached hydrogen (secondary N) is 1. The zero-order valence-electron chi connectivity index (χ0n) is 22.8. The molecule has 1 N–H and O–H groups in total. The van der Waals surface area contributed by atoms with Gasteiger partial charge in [0.1, 0.15) is 10.6 Å². The van der Waals surface area contributed by atoms with Crippen molar-refractivity contribution in [3.63, 3.8) is 0 Å². The van der Waals surface area contributed by atoms with E-state index < -0.39 is 23.7 Å². The van der Waals surface area contributed by atoms with Gasteiger partial charge in [-0.2, -0.15) is 0 Å². The van der Waals surface area contributed by atoms with Gasteiger partial charge in [-0.15, -0.1) is 11.3 Å². The molecule has 208 valence electrons. The molecule has 0 fully saturated rings. The SMILES string of the molecule is CCOC(=O)c1c(NC(=O)c2cccc(N3C(=O)c4ccccc4C3=O)c2)sc(C)c1-c1ccc(OC)c(OC)c1. The van der Waals surface area contributed by atoms with E-state index in [1.165, 1.54) is 31.6 Å². The van der Waals surface area contributed by atoms with Crippen LogP contribution in [0.1, 0.15) is 53.2 Å². The Morgan fingerprint density at radius 2 is 1.56 bits per heavy atom. The number of imide groups is 1. The van der Waals surface area contributed by atoms with E-state index in [2.05, 4.69) is 5.32 Å². The average Bonchev–Trinajstić information content (AvgIpc) is 3.44. The molecule has 0 saturated heterocycles. The molecule has 2 heterocycles. The molecular weight excluding hydrogens is 544 g/mol. The summed E-state index contributed by atoms with van der Waals surface area (Å²) in [4.78, 5) is 54.4. The quantitative estimate of drug-likeness (QED) is 0.205. The Kier molecular flexibility index (Phi) is 7.58. The normalized spacial score (nSPS) is 12.2. The van der Waals surface area contributed by atoms with E-state index in [0.717, 1.165) is 9.78 Å². The van der Waals surface area contributed by atoms with Crippen LogP contribution in [0.2, 0.25) is 0 Å². The maximum atomic E-state index is 13.5. The highest BCUT2D eigenvalue weighted by molar-refractivity contribution is 7.17. The molecule has 0 spiro atoms. The van der Waals surface area contributed by atoms with Gasteiger partial charge in [0.05, 0.1) is 37.6 Å². The Balaban J connectivity index is 1.50. The maximum absolute atomic E-state index is 13.5. The van der Waals surface area contributed by atoms with Gasteiger partial charge >= 0.3 is 5.97 Å². The van der Waals surface area contributed by atoms with E-state index in [9.17, 15) is 19.2 Å². The first-order chi connectivity index (χ1) is 19.8. The number of carbonyl (C=O) groups is 4. The Morgan fingerprint density at radius 1 is 0.878 bits per heavy atom. The molecule has 4 aromatic rings. The monoisotopic (exact) mass is 570 g/mol. The fourth-order valence-corrected chi connectivity index (χ4v) is 5.81. The first-order valence-electron chi connectivity index (χ1n) is 12.7. The molecule has 41 heavy (non-hydrogen) atoms. The van der Waals surface area contributed by atoms with Gasteiger partial charge in [0, 0.05) is 16.0 Å². The summed E-state index contributed by atoms with van der Waals surface area (Å²) < 4.78 is 16.1. The fourth-order valence-electron chi connectivity index (χ4n) is 4.76. The minimum Gasteiger partial charge on any atom is -0.493 e. The number of aryl methyl sites for hydroxylation is 1. The number of methoxy groups -OCH3 is 2. The molecule has 3 amide bonds. The number of thiophene rings is 1. The number of amides is 3. The Hall–Kier alpha value is -4.96. The number of fused-ring (bicyclic) bond motifs is 1. The summed E-state index contributed by atoms with van der Waals surface area (Å²) in [5.41, 5.74) is 2.59. The van der Waals surface area contributed by atoms with Crippen LogP contribution in [0.25, 0.3) is 11.1 Å². The maximum Gasteiger partial charge on any atom is 0.341 e. The lowest BCUT2D eigenvalue weighted by atomic mass is 10.0. The number of hydrogen-bond donors (Lipinski definition) is 1. The molecule has 3 aromatic carbocycles. The van der Waals surface area contributed by atoms with E-state index in [-0.39, 0.29) is 23.4 Å². The molecule has 0 saturated carbocycles. The van der Waals surface area contributed by atoms with Crippen molar-refractivity contribution in [3.8, 4) is 22.6 Å². The number of ether oxygens (including phenoxy) is 3. The molecular formula is C31H26N2O7S. The van der Waals surface area contributed by atoms with Crippen LogP contribution in [0.15, 0.2) is 66.7 Å². The van der Waals surface area contributed by atoms with Crippen LogP contribution in [0.3, 0.4) is 0 Å². The first kappa shape index (κ1) is 27.6. The topological polar surface area (TPSA) is 111 Å². The second kappa shape index (κ2) is 11.3. The number of rotatable bonds is 8. The summed E-state index contributed by atoms with van der Waals surface area (Å²) in [5, 5.41) is 3.15. The molecule has 0 radical (unpaired) electrons. The standard InChI is InChI=1S/C31H26N2O7S/c1-5-40-31(37)26-25(18-13-14-23(38-3)24(16-18)39-4)17(2)41-28(26)32-27(34)19-9-8-10-20(15-19)33-29(35)21-11-6-7-12-22(21)30(33)36/h6-16H,5H2,1-4H3,(H,32,34). The van der Waals surface area contributed by atoms with E-state index in [1.807, 2.05) is 6.92 Å². The van der Waals surface area contributed by atoms with Crippen molar-refractivity contribution >= 4 is 45.7 Å². The van der Waals surface area contributed by atoms with Gasteiger partial charge in [-0.3, -0.25) is 14.4 Å². The average molecular weight is 571 g/mol. The highest BCUT2D eigenvalue weighted by Gasteiger charge is 2.36. The van der Waals surface area contributed by atoms with Crippen LogP contribution in [-0.2, 0) is 4.74 Å². The largest absolute Gasteiger partial charge is 0.493 e. The highest BCUT2D eigenvalue weighted by atomic mass is 32.1. The van der Waals surface area contributed by atoms with Crippen molar-refractivity contribution in [2.45, 2.75) is 13.8 Å². The van der Waals surface area contributed by atoms with E-state index in [4.69, 9.17) is 14.2 Å². The van der Waals surface area contributed by atoms with Crippen molar-refractivity contribution in [2.24, 2.45) is 0 Å². The molecule has 0 aliphatic carbocycles. The van der Waals surface area contributed by atoms with Crippen molar-refractivity contribution < 1.29 is 33.4 Å². The predicted molar refractivity (Wildman–Crippen MR) is 156 cm³/mol. The Morgan fingerprint density at radius 3 is 2.20 bits per heavy atom. The van der Waals surface area contributed by atoms with Crippen molar-refractivity contribution in [1.82, 2.24) is 0 Å². The molecule has 1 aliphatic rings. The Labute approximate surface area is 240 Å². The van der Waals surface area contributed by atoms with Crippen LogP contribution >= 0.6 is 11.3 Å². The van der Waals surface area contributed by atoms with Crippen molar-refractivity contribution in [3.05, 3.63) is 93.9 Å². The molecule has 0 bridgehead atoms. The summed E-state index contributed by atoms with van der Waals surface area (Å²) in [6.07, 6.45) is 0. The fraction of sp³-hybridized carbons (Fsp3) is 0.161. The third-order valence-electron chi connectivity index (χ3n) is 6.62. The summed E-state index contributed by atoms with van der Waals surface area (Å²) >= 11 is 1.23. The molecule has 0 unspecified atom stereocenters. The number of hydrogen-bond acceptors (Lipinski definition) is 8. The second-order valence-electron chi connectivity index (χ2n) is 9.02. The minimum absolute atomic E-state index is 0.148. The van der Waals surface area contributed by atoms with E-state index in [0.29, 0.717) is 38.8 Å². The minimum atomic E-state index is -0.586. The lowest BCUT2D eigenvalue weighted by Crippen LogP contribution is -2.29. The van der Waals surface area contributed by atoms with Gasteiger partial charge in [-0.25, -0.2) is 9.69 Å². The van der Waals surface area contributed by atoms with Gasteiger partial charge in [-0.05, 0) is 61.9 Å². The van der Waals surface area contributed by atoms with Crippen LogP contribution in [0, 0.1) is 6.92 Å². The second-order valence-corrected chi connectivity index (χ2v) is 10.2. The zero-order valence-corrected chi connectivity index (χ0v) is 23.6. The van der Waals surface area contributed by atoms with Crippen LogP contribution < -0.4 is 19.7 Å². The first-order valence-corrected chi connectivity index (χ1v) is 13.5. The van der Waals surface area contributed by atoms with Gasteiger partial charge in [-0.1, -0.05) is 24.3 Å². The molecule has 1 aromatic heterocycles. The van der Waals surface area contributed by atoms with E-state index in [1.54, 1.807) is 67.6 Å². The van der Waals surface area contributed by atoms with Gasteiger partial charge in [0.25, 0.3) is 17.7 Å². The van der Waals surface area contributed by atoms with Crippen LogP contribution in [0.5, 0.6) is 11.5 Å². The summed E-state index contributed by atoms with van der Waals surface area (Å²) in [5.74, 6) is -0.998. The smallest absolute Gasteiger partial charge is 0.341 e. The highest BCUT2D eigenvalue weighted by Crippen LogP contribution is 2.43. The Bertz CT molecular complexity index is 1670. The molecule has 5 rings (SSSR count).